The van der Waals surface area contributed by atoms with Gasteiger partial charge in [-0.15, -0.1) is 0 Å². The molecule has 2 rings (SSSR count). The lowest BCUT2D eigenvalue weighted by Crippen LogP contribution is -2.46. The van der Waals surface area contributed by atoms with Gasteiger partial charge in [0.25, 0.3) is 0 Å². The largest absolute Gasteiger partial charge is 0.338 e. The van der Waals surface area contributed by atoms with E-state index in [1.54, 1.807) is 0 Å². The van der Waals surface area contributed by atoms with Gasteiger partial charge in [0, 0.05) is 38.4 Å². The average molecular weight is 290 g/mol. The molecule has 5 nitrogen and oxygen atoms in total. The van der Waals surface area contributed by atoms with Gasteiger partial charge in [0.05, 0.1) is 0 Å². The molecule has 1 aliphatic rings. The van der Waals surface area contributed by atoms with Gasteiger partial charge in [-0.25, -0.2) is 4.79 Å². The fraction of sp³-hybridized carbons (Fsp3) is 0.562. The average Bonchev–Trinajstić information content (AvgIpc) is 2.53. The maximum Gasteiger partial charge on any atom is 0.319 e. The van der Waals surface area contributed by atoms with E-state index in [-0.39, 0.29) is 6.03 Å². The van der Waals surface area contributed by atoms with E-state index in [4.69, 9.17) is 0 Å². The van der Waals surface area contributed by atoms with E-state index in [1.165, 1.54) is 13.1 Å². The van der Waals surface area contributed by atoms with Crippen LogP contribution in [0.15, 0.2) is 30.3 Å². The molecule has 2 N–H and O–H groups in total. The van der Waals surface area contributed by atoms with E-state index in [2.05, 4.69) is 27.4 Å². The van der Waals surface area contributed by atoms with E-state index >= 15 is 0 Å². The molecule has 1 aromatic carbocycles. The number of piperazine rings is 1. The highest BCUT2D eigenvalue weighted by Crippen LogP contribution is 2.04. The van der Waals surface area contributed by atoms with Crippen molar-refractivity contribution in [3.8, 4) is 0 Å². The first kappa shape index (κ1) is 15.8. The van der Waals surface area contributed by atoms with Gasteiger partial charge in [-0.3, -0.25) is 0 Å². The van der Waals surface area contributed by atoms with Crippen molar-refractivity contribution in [3.05, 3.63) is 30.3 Å². The quantitative estimate of drug-likeness (QED) is 0.786. The second-order valence-corrected chi connectivity index (χ2v) is 5.38. The molecule has 0 aliphatic carbocycles. The first-order chi connectivity index (χ1) is 10.3. The molecule has 0 bridgehead atoms. The number of urea groups is 1. The first-order valence-corrected chi connectivity index (χ1v) is 7.82. The van der Waals surface area contributed by atoms with Gasteiger partial charge in [0.1, 0.15) is 0 Å². The van der Waals surface area contributed by atoms with Crippen LogP contribution in [0.4, 0.5) is 10.5 Å². The number of nitrogens with one attached hydrogen (secondary N) is 2. The molecular formula is C16H26N4O. The van der Waals surface area contributed by atoms with Crippen molar-refractivity contribution in [1.29, 1.82) is 0 Å². The molecule has 1 fully saturated rings. The highest BCUT2D eigenvalue weighted by Gasteiger charge is 2.14. The minimum Gasteiger partial charge on any atom is -0.338 e. The van der Waals surface area contributed by atoms with Gasteiger partial charge in [0.15, 0.2) is 0 Å². The Balaban J connectivity index is 1.54. The Hall–Kier alpha value is -1.59. The van der Waals surface area contributed by atoms with Crippen LogP contribution in [0.25, 0.3) is 0 Å². The molecule has 0 saturated carbocycles. The summed E-state index contributed by atoms with van der Waals surface area (Å²) in [6.07, 6.45) is 0.994. The predicted octanol–water partition coefficient (Wildman–Crippen LogP) is 1.84. The number of benzene rings is 1. The summed E-state index contributed by atoms with van der Waals surface area (Å²) in [6, 6.07) is 9.38. The van der Waals surface area contributed by atoms with Crippen LogP contribution in [-0.4, -0.2) is 61.6 Å². The number of para-hydroxylation sites is 1. The molecule has 0 atom stereocenters. The van der Waals surface area contributed by atoms with E-state index in [9.17, 15) is 4.79 Å². The number of likely N-dealkylation sites (N-methyl/N-ethyl adjacent to an activating group) is 1. The van der Waals surface area contributed by atoms with Gasteiger partial charge < -0.3 is 20.4 Å². The summed E-state index contributed by atoms with van der Waals surface area (Å²) in [7, 11) is 0. The number of carbonyl (C=O) groups is 1. The van der Waals surface area contributed by atoms with Crippen LogP contribution < -0.4 is 10.6 Å². The van der Waals surface area contributed by atoms with Crippen LogP contribution in [0.1, 0.15) is 13.3 Å². The topological polar surface area (TPSA) is 47.6 Å². The van der Waals surface area contributed by atoms with Crippen LogP contribution in [0.5, 0.6) is 0 Å². The number of hydrogen-bond acceptors (Lipinski definition) is 3. The zero-order chi connectivity index (χ0) is 14.9. The van der Waals surface area contributed by atoms with E-state index in [1.807, 2.05) is 30.3 Å². The smallest absolute Gasteiger partial charge is 0.319 e. The van der Waals surface area contributed by atoms with Crippen LogP contribution >= 0.6 is 0 Å². The van der Waals surface area contributed by atoms with Gasteiger partial charge in [0.2, 0.25) is 0 Å². The summed E-state index contributed by atoms with van der Waals surface area (Å²) in [6.45, 7) is 9.75. The Bertz CT molecular complexity index is 416. The van der Waals surface area contributed by atoms with Crippen molar-refractivity contribution < 1.29 is 4.79 Å². The van der Waals surface area contributed by atoms with Crippen molar-refractivity contribution in [1.82, 2.24) is 15.1 Å². The molecule has 0 aromatic heterocycles. The summed E-state index contributed by atoms with van der Waals surface area (Å²) < 4.78 is 0. The monoisotopic (exact) mass is 290 g/mol. The van der Waals surface area contributed by atoms with Crippen LogP contribution in [0, 0.1) is 0 Å². The fourth-order valence-electron chi connectivity index (χ4n) is 2.53. The van der Waals surface area contributed by atoms with Crippen LogP contribution in [0.2, 0.25) is 0 Å². The summed E-state index contributed by atoms with van der Waals surface area (Å²) in [5.41, 5.74) is 0.825. The molecule has 1 heterocycles. The Labute approximate surface area is 127 Å². The molecule has 116 valence electrons. The number of rotatable bonds is 6. The third-order valence-corrected chi connectivity index (χ3v) is 3.88. The molecular weight excluding hydrogens is 264 g/mol. The first-order valence-electron chi connectivity index (χ1n) is 7.82. The lowest BCUT2D eigenvalue weighted by molar-refractivity contribution is 0.136. The lowest BCUT2D eigenvalue weighted by atomic mass is 10.3. The molecule has 0 radical (unpaired) electrons. The molecule has 21 heavy (non-hydrogen) atoms. The third kappa shape index (κ3) is 5.73. The van der Waals surface area contributed by atoms with Crippen molar-refractivity contribution in [2.45, 2.75) is 13.3 Å². The maximum atomic E-state index is 11.7. The van der Waals surface area contributed by atoms with Crippen molar-refractivity contribution in [2.75, 3.05) is 51.1 Å². The Morgan fingerprint density at radius 1 is 1.10 bits per heavy atom. The molecule has 0 unspecified atom stereocenters. The summed E-state index contributed by atoms with van der Waals surface area (Å²) >= 11 is 0. The third-order valence-electron chi connectivity index (χ3n) is 3.88. The Morgan fingerprint density at radius 3 is 2.43 bits per heavy atom. The van der Waals surface area contributed by atoms with Crippen LogP contribution in [0.3, 0.4) is 0 Å². The number of amides is 2. The van der Waals surface area contributed by atoms with E-state index in [0.29, 0.717) is 6.54 Å². The number of anilines is 1. The molecule has 1 aromatic rings. The lowest BCUT2D eigenvalue weighted by Gasteiger charge is -2.33. The second-order valence-electron chi connectivity index (χ2n) is 5.38. The van der Waals surface area contributed by atoms with Crippen molar-refractivity contribution in [3.63, 3.8) is 0 Å². The Kier molecular flexibility index (Phi) is 6.50. The zero-order valence-corrected chi connectivity index (χ0v) is 12.8. The number of nitrogens with zero attached hydrogens (tertiary/aromatic N) is 2. The van der Waals surface area contributed by atoms with Crippen molar-refractivity contribution >= 4 is 11.7 Å². The number of hydrogen-bond donors (Lipinski definition) is 2. The number of carbonyl (C=O) groups excluding carboxylic acids is 1. The maximum absolute atomic E-state index is 11.7. The molecule has 5 heteroatoms. The Morgan fingerprint density at radius 2 is 1.76 bits per heavy atom. The molecule has 2 amide bonds. The summed E-state index contributed by atoms with van der Waals surface area (Å²) in [5.74, 6) is 0. The fourth-order valence-corrected chi connectivity index (χ4v) is 2.53. The van der Waals surface area contributed by atoms with Gasteiger partial charge in [-0.05, 0) is 31.6 Å². The van der Waals surface area contributed by atoms with Gasteiger partial charge >= 0.3 is 6.03 Å². The molecule has 1 aliphatic heterocycles. The van der Waals surface area contributed by atoms with Gasteiger partial charge in [-0.2, -0.15) is 0 Å². The zero-order valence-electron chi connectivity index (χ0n) is 12.8. The van der Waals surface area contributed by atoms with Crippen LogP contribution in [-0.2, 0) is 0 Å². The van der Waals surface area contributed by atoms with E-state index < -0.39 is 0 Å². The summed E-state index contributed by atoms with van der Waals surface area (Å²) in [4.78, 5) is 16.7. The molecule has 1 saturated heterocycles. The normalized spacial score (nSPS) is 16.6. The highest BCUT2D eigenvalue weighted by atomic mass is 16.2. The van der Waals surface area contributed by atoms with Crippen molar-refractivity contribution in [2.24, 2.45) is 0 Å². The SMILES string of the molecule is CCN1CCN(CCCNC(=O)Nc2ccccc2)CC1. The second kappa shape index (κ2) is 8.64. The van der Waals surface area contributed by atoms with E-state index in [0.717, 1.165) is 38.3 Å². The van der Waals surface area contributed by atoms with Gasteiger partial charge in [-0.1, -0.05) is 25.1 Å². The summed E-state index contributed by atoms with van der Waals surface area (Å²) in [5, 5.41) is 5.73. The minimum atomic E-state index is -0.128. The standard InChI is InChI=1S/C16H26N4O/c1-2-19-11-13-20(14-12-19)10-6-9-17-16(21)18-15-7-4-3-5-8-15/h3-5,7-8H,2,6,9-14H2,1H3,(H2,17,18,21). The highest BCUT2D eigenvalue weighted by molar-refractivity contribution is 5.89. The molecule has 0 spiro atoms. The minimum absolute atomic E-state index is 0.128. The predicted molar refractivity (Wildman–Crippen MR) is 86.6 cm³/mol.